The van der Waals surface area contributed by atoms with Gasteiger partial charge in [0.2, 0.25) is 5.95 Å². The Bertz CT molecular complexity index is 317. The lowest BCUT2D eigenvalue weighted by Gasteiger charge is -2.37. The van der Waals surface area contributed by atoms with E-state index in [2.05, 4.69) is 34.3 Å². The molecule has 1 atom stereocenters. The van der Waals surface area contributed by atoms with Crippen LogP contribution >= 0.6 is 0 Å². The number of aromatic amines is 1. The normalized spacial score (nSPS) is 26.3. The molecule has 2 heterocycles. The molecule has 5 heteroatoms. The second-order valence-corrected chi connectivity index (χ2v) is 4.56. The Balaban J connectivity index is 2.23. The fourth-order valence-electron chi connectivity index (χ4n) is 2.09. The van der Waals surface area contributed by atoms with E-state index in [1.54, 1.807) is 0 Å². The number of hydrogen-bond acceptors (Lipinski definition) is 4. The van der Waals surface area contributed by atoms with E-state index in [9.17, 15) is 0 Å². The van der Waals surface area contributed by atoms with E-state index in [4.69, 9.17) is 5.73 Å². The van der Waals surface area contributed by atoms with Gasteiger partial charge in [-0.2, -0.15) is 4.98 Å². The second-order valence-electron chi connectivity index (χ2n) is 4.56. The van der Waals surface area contributed by atoms with Gasteiger partial charge in [0, 0.05) is 0 Å². The maximum atomic E-state index is 5.49. The molecule has 14 heavy (non-hydrogen) atoms. The van der Waals surface area contributed by atoms with E-state index in [0.717, 1.165) is 12.4 Å². The highest BCUT2D eigenvalue weighted by Crippen LogP contribution is 2.38. The molecule has 1 aliphatic rings. The van der Waals surface area contributed by atoms with E-state index in [0.29, 0.717) is 5.95 Å². The van der Waals surface area contributed by atoms with Gasteiger partial charge in [0.15, 0.2) is 0 Å². The highest BCUT2D eigenvalue weighted by Gasteiger charge is 2.35. The third-order valence-corrected chi connectivity index (χ3v) is 2.92. The molecule has 0 bridgehead atoms. The van der Waals surface area contributed by atoms with Crippen LogP contribution < -0.4 is 11.1 Å². The number of nitrogens with zero attached hydrogens (tertiary/aromatic N) is 2. The lowest BCUT2D eigenvalue weighted by atomic mass is 9.77. The van der Waals surface area contributed by atoms with Gasteiger partial charge in [-0.25, -0.2) is 0 Å². The molecule has 0 aromatic carbocycles. The zero-order chi connectivity index (χ0) is 10.2. The van der Waals surface area contributed by atoms with Crippen LogP contribution in [0.1, 0.15) is 38.6 Å². The molecule has 0 saturated carbocycles. The lowest BCUT2D eigenvalue weighted by molar-refractivity contribution is 0.174. The Morgan fingerprint density at radius 1 is 1.50 bits per heavy atom. The van der Waals surface area contributed by atoms with Gasteiger partial charge in [-0.15, -0.1) is 5.10 Å². The van der Waals surface area contributed by atoms with Gasteiger partial charge < -0.3 is 11.1 Å². The number of nitrogens with one attached hydrogen (secondary N) is 2. The lowest BCUT2D eigenvalue weighted by Crippen LogP contribution is -2.40. The number of anilines is 1. The van der Waals surface area contributed by atoms with Crippen molar-refractivity contribution in [2.45, 2.75) is 32.7 Å². The standard InChI is InChI=1S/C9H17N5/c1-9(2)4-3-5-11-6(9)7-12-8(10)14-13-7/h6,11H,3-5H2,1-2H3,(H3,10,12,13,14). The maximum Gasteiger partial charge on any atom is 0.239 e. The summed E-state index contributed by atoms with van der Waals surface area (Å²) in [5.41, 5.74) is 5.71. The number of nitrogen functional groups attached to an aromatic ring is 1. The number of rotatable bonds is 1. The summed E-state index contributed by atoms with van der Waals surface area (Å²) in [6, 6.07) is 0.237. The van der Waals surface area contributed by atoms with Crippen molar-refractivity contribution >= 4 is 5.95 Å². The van der Waals surface area contributed by atoms with Crippen molar-refractivity contribution in [1.29, 1.82) is 0 Å². The van der Waals surface area contributed by atoms with Crippen molar-refractivity contribution in [2.24, 2.45) is 5.41 Å². The van der Waals surface area contributed by atoms with Crippen molar-refractivity contribution in [3.8, 4) is 0 Å². The van der Waals surface area contributed by atoms with Crippen molar-refractivity contribution in [3.05, 3.63) is 5.82 Å². The molecule has 1 unspecified atom stereocenters. The molecule has 0 aliphatic carbocycles. The average Bonchev–Trinajstić information content (AvgIpc) is 2.51. The Kier molecular flexibility index (Phi) is 2.19. The molecule has 1 saturated heterocycles. The van der Waals surface area contributed by atoms with Gasteiger partial charge in [-0.3, -0.25) is 5.10 Å². The van der Waals surface area contributed by atoms with E-state index in [-0.39, 0.29) is 11.5 Å². The van der Waals surface area contributed by atoms with E-state index in [1.807, 2.05) is 0 Å². The summed E-state index contributed by atoms with van der Waals surface area (Å²) >= 11 is 0. The van der Waals surface area contributed by atoms with Crippen LogP contribution in [0.2, 0.25) is 0 Å². The Hall–Kier alpha value is -1.10. The summed E-state index contributed by atoms with van der Waals surface area (Å²) in [7, 11) is 0. The van der Waals surface area contributed by atoms with Gasteiger partial charge in [-0.1, -0.05) is 13.8 Å². The SMILES string of the molecule is CC1(C)CCCNC1c1nc(N)n[nH]1. The van der Waals surface area contributed by atoms with Crippen LogP contribution in [0.25, 0.3) is 0 Å². The summed E-state index contributed by atoms with van der Waals surface area (Å²) in [5, 5.41) is 10.2. The Labute approximate surface area is 83.5 Å². The van der Waals surface area contributed by atoms with Gasteiger partial charge in [0.25, 0.3) is 0 Å². The highest BCUT2D eigenvalue weighted by molar-refractivity contribution is 5.16. The Morgan fingerprint density at radius 2 is 2.29 bits per heavy atom. The molecular formula is C9H17N5. The van der Waals surface area contributed by atoms with Crippen LogP contribution in [-0.4, -0.2) is 21.7 Å². The van der Waals surface area contributed by atoms with Crippen LogP contribution in [0.3, 0.4) is 0 Å². The molecule has 78 valence electrons. The summed E-state index contributed by atoms with van der Waals surface area (Å²) in [5.74, 6) is 1.18. The smallest absolute Gasteiger partial charge is 0.239 e. The summed E-state index contributed by atoms with van der Waals surface area (Å²) < 4.78 is 0. The molecule has 1 aromatic heterocycles. The van der Waals surface area contributed by atoms with Crippen LogP contribution in [0, 0.1) is 5.41 Å². The number of H-pyrrole nitrogens is 1. The molecule has 0 spiro atoms. The Morgan fingerprint density at radius 3 is 2.86 bits per heavy atom. The molecular weight excluding hydrogens is 178 g/mol. The fourth-order valence-corrected chi connectivity index (χ4v) is 2.09. The molecule has 1 aliphatic heterocycles. The maximum absolute atomic E-state index is 5.49. The zero-order valence-corrected chi connectivity index (χ0v) is 8.67. The van der Waals surface area contributed by atoms with Crippen molar-refractivity contribution in [3.63, 3.8) is 0 Å². The van der Waals surface area contributed by atoms with Gasteiger partial charge >= 0.3 is 0 Å². The first-order valence-electron chi connectivity index (χ1n) is 5.01. The fraction of sp³-hybridized carbons (Fsp3) is 0.778. The number of piperidine rings is 1. The molecule has 5 nitrogen and oxygen atoms in total. The summed E-state index contributed by atoms with van der Waals surface area (Å²) in [6.07, 6.45) is 2.42. The van der Waals surface area contributed by atoms with Crippen LogP contribution in [0.15, 0.2) is 0 Å². The summed E-state index contributed by atoms with van der Waals surface area (Å²) in [6.45, 7) is 5.51. The third-order valence-electron chi connectivity index (χ3n) is 2.92. The van der Waals surface area contributed by atoms with Gasteiger partial charge in [0.05, 0.1) is 6.04 Å². The second kappa shape index (κ2) is 3.24. The minimum atomic E-state index is 0.213. The predicted octanol–water partition coefficient (Wildman–Crippen LogP) is 0.838. The average molecular weight is 195 g/mol. The monoisotopic (exact) mass is 195 g/mol. The van der Waals surface area contributed by atoms with Crippen LogP contribution in [0.5, 0.6) is 0 Å². The van der Waals surface area contributed by atoms with E-state index < -0.39 is 0 Å². The molecule has 0 amide bonds. The first kappa shape index (κ1) is 9.45. The largest absolute Gasteiger partial charge is 0.367 e. The van der Waals surface area contributed by atoms with Crippen molar-refractivity contribution in [1.82, 2.24) is 20.5 Å². The van der Waals surface area contributed by atoms with Gasteiger partial charge in [0.1, 0.15) is 5.82 Å². The zero-order valence-electron chi connectivity index (χ0n) is 8.67. The minimum absolute atomic E-state index is 0.213. The van der Waals surface area contributed by atoms with E-state index >= 15 is 0 Å². The van der Waals surface area contributed by atoms with Crippen molar-refractivity contribution in [2.75, 3.05) is 12.3 Å². The number of nitrogens with two attached hydrogens (primary N) is 1. The topological polar surface area (TPSA) is 79.6 Å². The molecule has 4 N–H and O–H groups in total. The molecule has 1 fully saturated rings. The molecule has 0 radical (unpaired) electrons. The molecule has 2 rings (SSSR count). The van der Waals surface area contributed by atoms with Crippen LogP contribution in [0.4, 0.5) is 5.95 Å². The first-order chi connectivity index (χ1) is 6.59. The van der Waals surface area contributed by atoms with E-state index in [1.165, 1.54) is 12.8 Å². The predicted molar refractivity (Wildman–Crippen MR) is 54.6 cm³/mol. The third kappa shape index (κ3) is 1.59. The number of aromatic nitrogens is 3. The van der Waals surface area contributed by atoms with Crippen molar-refractivity contribution < 1.29 is 0 Å². The first-order valence-corrected chi connectivity index (χ1v) is 5.01. The van der Waals surface area contributed by atoms with Gasteiger partial charge in [-0.05, 0) is 24.8 Å². The number of hydrogen-bond donors (Lipinski definition) is 3. The highest BCUT2D eigenvalue weighted by atomic mass is 15.3. The minimum Gasteiger partial charge on any atom is -0.367 e. The van der Waals surface area contributed by atoms with Crippen LogP contribution in [-0.2, 0) is 0 Å². The molecule has 1 aromatic rings. The summed E-state index contributed by atoms with van der Waals surface area (Å²) in [4.78, 5) is 4.18. The quantitative estimate of drug-likeness (QED) is 0.620.